The van der Waals surface area contributed by atoms with E-state index < -0.39 is 5.91 Å². The third-order valence-corrected chi connectivity index (χ3v) is 3.65. The van der Waals surface area contributed by atoms with Crippen molar-refractivity contribution >= 4 is 29.3 Å². The molecule has 0 spiro atoms. The number of anilines is 1. The molecule has 0 radical (unpaired) electrons. The molecule has 6 heteroatoms. The maximum atomic E-state index is 12.7. The Kier molecular flexibility index (Phi) is 4.61. The number of hydrazone groups is 1. The SMILES string of the molecule is CC1=NN(c2ccccc2)C(=O)/C1=C/c1ccccc1OCC(N)=O. The van der Waals surface area contributed by atoms with Crippen LogP contribution in [0.1, 0.15) is 12.5 Å². The maximum Gasteiger partial charge on any atom is 0.280 e. The van der Waals surface area contributed by atoms with Gasteiger partial charge < -0.3 is 10.5 Å². The van der Waals surface area contributed by atoms with E-state index in [-0.39, 0.29) is 12.5 Å². The van der Waals surface area contributed by atoms with E-state index in [4.69, 9.17) is 10.5 Å². The van der Waals surface area contributed by atoms with Crippen molar-refractivity contribution in [3.05, 3.63) is 65.7 Å². The Bertz CT molecular complexity index is 872. The number of carbonyl (C=O) groups is 2. The number of nitrogens with two attached hydrogens (primary N) is 1. The summed E-state index contributed by atoms with van der Waals surface area (Å²) in [7, 11) is 0. The second kappa shape index (κ2) is 7.00. The molecular formula is C19H17N3O3. The van der Waals surface area contributed by atoms with Crippen molar-refractivity contribution in [1.29, 1.82) is 0 Å². The molecule has 0 unspecified atom stereocenters. The van der Waals surface area contributed by atoms with Crippen LogP contribution >= 0.6 is 0 Å². The van der Waals surface area contributed by atoms with Crippen LogP contribution in [0.5, 0.6) is 5.75 Å². The fourth-order valence-corrected chi connectivity index (χ4v) is 2.46. The van der Waals surface area contributed by atoms with Gasteiger partial charge in [-0.3, -0.25) is 9.59 Å². The van der Waals surface area contributed by atoms with E-state index in [1.165, 1.54) is 5.01 Å². The van der Waals surface area contributed by atoms with Crippen LogP contribution in [-0.4, -0.2) is 24.1 Å². The lowest BCUT2D eigenvalue weighted by atomic mass is 10.1. The quantitative estimate of drug-likeness (QED) is 0.851. The lowest BCUT2D eigenvalue weighted by Gasteiger charge is -2.11. The summed E-state index contributed by atoms with van der Waals surface area (Å²) in [6, 6.07) is 16.3. The van der Waals surface area contributed by atoms with Gasteiger partial charge in [-0.25, -0.2) is 0 Å². The van der Waals surface area contributed by atoms with Crippen LogP contribution in [-0.2, 0) is 9.59 Å². The first-order chi connectivity index (χ1) is 12.1. The first kappa shape index (κ1) is 16.4. The Morgan fingerprint density at radius 2 is 1.84 bits per heavy atom. The number of amides is 2. The van der Waals surface area contributed by atoms with E-state index in [9.17, 15) is 9.59 Å². The number of primary amides is 1. The normalized spacial score (nSPS) is 15.4. The Labute approximate surface area is 145 Å². The minimum Gasteiger partial charge on any atom is -0.483 e. The molecule has 0 saturated carbocycles. The van der Waals surface area contributed by atoms with Crippen LogP contribution in [0.25, 0.3) is 6.08 Å². The molecule has 1 heterocycles. The van der Waals surface area contributed by atoms with Gasteiger partial charge in [0.2, 0.25) is 0 Å². The molecule has 0 bridgehead atoms. The van der Waals surface area contributed by atoms with E-state index in [0.29, 0.717) is 28.3 Å². The fraction of sp³-hybridized carbons (Fsp3) is 0.105. The van der Waals surface area contributed by atoms with Gasteiger partial charge in [0.25, 0.3) is 11.8 Å². The van der Waals surface area contributed by atoms with Gasteiger partial charge in [-0.15, -0.1) is 0 Å². The summed E-state index contributed by atoms with van der Waals surface area (Å²) in [5.74, 6) is -0.298. The highest BCUT2D eigenvalue weighted by Gasteiger charge is 2.28. The van der Waals surface area contributed by atoms with Crippen molar-refractivity contribution in [2.45, 2.75) is 6.92 Å². The molecule has 2 aromatic rings. The third kappa shape index (κ3) is 3.58. The minimum absolute atomic E-state index is 0.214. The molecule has 1 aliphatic rings. The number of rotatable bonds is 5. The summed E-state index contributed by atoms with van der Waals surface area (Å²) in [5.41, 5.74) is 7.58. The lowest BCUT2D eigenvalue weighted by molar-refractivity contribution is -0.120. The highest BCUT2D eigenvalue weighted by atomic mass is 16.5. The van der Waals surface area contributed by atoms with Crippen LogP contribution in [0.15, 0.2) is 65.3 Å². The Morgan fingerprint density at radius 3 is 2.56 bits per heavy atom. The van der Waals surface area contributed by atoms with Crippen LogP contribution in [0.3, 0.4) is 0 Å². The van der Waals surface area contributed by atoms with E-state index in [0.717, 1.165) is 0 Å². The molecule has 126 valence electrons. The van der Waals surface area contributed by atoms with E-state index in [1.54, 1.807) is 31.2 Å². The van der Waals surface area contributed by atoms with Crippen molar-refractivity contribution in [3.63, 3.8) is 0 Å². The highest BCUT2D eigenvalue weighted by molar-refractivity contribution is 6.32. The van der Waals surface area contributed by atoms with Gasteiger partial charge >= 0.3 is 0 Å². The lowest BCUT2D eigenvalue weighted by Crippen LogP contribution is -2.21. The molecule has 0 aromatic heterocycles. The molecule has 6 nitrogen and oxygen atoms in total. The molecule has 1 aliphatic heterocycles. The molecule has 0 atom stereocenters. The molecule has 25 heavy (non-hydrogen) atoms. The molecule has 2 N–H and O–H groups in total. The average Bonchev–Trinajstić information content (AvgIpc) is 2.90. The van der Waals surface area contributed by atoms with Gasteiger partial charge in [-0.1, -0.05) is 36.4 Å². The van der Waals surface area contributed by atoms with Crippen molar-refractivity contribution < 1.29 is 14.3 Å². The van der Waals surface area contributed by atoms with Crippen LogP contribution in [0.2, 0.25) is 0 Å². The smallest absolute Gasteiger partial charge is 0.280 e. The zero-order valence-electron chi connectivity index (χ0n) is 13.7. The average molecular weight is 335 g/mol. The molecule has 0 aliphatic carbocycles. The first-order valence-electron chi connectivity index (χ1n) is 7.73. The second-order valence-electron chi connectivity index (χ2n) is 5.49. The number of benzene rings is 2. The van der Waals surface area contributed by atoms with Gasteiger partial charge in [0.05, 0.1) is 17.0 Å². The summed E-state index contributed by atoms with van der Waals surface area (Å²) in [4.78, 5) is 23.7. The minimum atomic E-state index is -0.563. The molecule has 3 rings (SSSR count). The Balaban J connectivity index is 1.91. The Hall–Kier alpha value is -3.41. The molecule has 0 fully saturated rings. The molecule has 2 aromatic carbocycles. The van der Waals surface area contributed by atoms with Crippen LogP contribution in [0, 0.1) is 0 Å². The number of nitrogens with zero attached hydrogens (tertiary/aromatic N) is 2. The zero-order chi connectivity index (χ0) is 17.8. The maximum absolute atomic E-state index is 12.7. The standard InChI is InChI=1S/C19H17N3O3/c1-13-16(19(24)22(21-13)15-8-3-2-4-9-15)11-14-7-5-6-10-17(14)25-12-18(20)23/h2-11H,12H2,1H3,(H2,20,23)/b16-11+. The summed E-state index contributed by atoms with van der Waals surface area (Å²) in [6.07, 6.45) is 1.71. The van der Waals surface area contributed by atoms with Gasteiger partial charge in [0.15, 0.2) is 6.61 Å². The van der Waals surface area contributed by atoms with Crippen molar-refractivity contribution in [3.8, 4) is 5.75 Å². The van der Waals surface area contributed by atoms with Crippen molar-refractivity contribution in [2.75, 3.05) is 11.6 Å². The predicted molar refractivity (Wildman–Crippen MR) is 96.1 cm³/mol. The largest absolute Gasteiger partial charge is 0.483 e. The first-order valence-corrected chi connectivity index (χ1v) is 7.73. The van der Waals surface area contributed by atoms with Crippen LogP contribution in [0.4, 0.5) is 5.69 Å². The number of hydrogen-bond acceptors (Lipinski definition) is 4. The molecular weight excluding hydrogens is 318 g/mol. The molecule has 0 saturated heterocycles. The number of hydrogen-bond donors (Lipinski definition) is 1. The zero-order valence-corrected chi connectivity index (χ0v) is 13.7. The summed E-state index contributed by atoms with van der Waals surface area (Å²) < 4.78 is 5.41. The van der Waals surface area contributed by atoms with E-state index >= 15 is 0 Å². The third-order valence-electron chi connectivity index (χ3n) is 3.65. The Morgan fingerprint density at radius 1 is 1.16 bits per heavy atom. The van der Waals surface area contributed by atoms with Gasteiger partial charge in [-0.05, 0) is 31.2 Å². The summed E-state index contributed by atoms with van der Waals surface area (Å²) >= 11 is 0. The van der Waals surface area contributed by atoms with Gasteiger partial charge in [-0.2, -0.15) is 10.1 Å². The second-order valence-corrected chi connectivity index (χ2v) is 5.49. The number of para-hydroxylation sites is 2. The van der Waals surface area contributed by atoms with Gasteiger partial charge in [0, 0.05) is 5.56 Å². The van der Waals surface area contributed by atoms with E-state index in [1.807, 2.05) is 36.4 Å². The van der Waals surface area contributed by atoms with E-state index in [2.05, 4.69) is 5.10 Å². The highest BCUT2D eigenvalue weighted by Crippen LogP contribution is 2.27. The number of carbonyl (C=O) groups excluding carboxylic acids is 2. The fourth-order valence-electron chi connectivity index (χ4n) is 2.46. The monoisotopic (exact) mass is 335 g/mol. The summed E-state index contributed by atoms with van der Waals surface area (Å²) in [6.45, 7) is 1.55. The topological polar surface area (TPSA) is 85.0 Å². The van der Waals surface area contributed by atoms with Gasteiger partial charge in [0.1, 0.15) is 5.75 Å². The van der Waals surface area contributed by atoms with Crippen LogP contribution < -0.4 is 15.5 Å². The predicted octanol–water partition coefficient (Wildman–Crippen LogP) is 2.36. The summed E-state index contributed by atoms with van der Waals surface area (Å²) in [5, 5.41) is 5.71. The van der Waals surface area contributed by atoms with Crippen molar-refractivity contribution in [2.24, 2.45) is 10.8 Å². The number of ether oxygens (including phenoxy) is 1. The molecule has 2 amide bonds. The van der Waals surface area contributed by atoms with Crippen molar-refractivity contribution in [1.82, 2.24) is 0 Å².